The fourth-order valence-corrected chi connectivity index (χ4v) is 3.27. The van der Waals surface area contributed by atoms with Crippen molar-refractivity contribution in [2.75, 3.05) is 24.3 Å². The monoisotopic (exact) mass is 260 g/mol. The standard InChI is InChI=1S/C12H24N2S2/c1-4-12(2)10-16-11(14-12)13-8-6-5-7-9-15-3/h4-10H2,1-3H3,(H,13,14). The summed E-state index contributed by atoms with van der Waals surface area (Å²) < 4.78 is 0. The maximum Gasteiger partial charge on any atom is 0.157 e. The minimum atomic E-state index is 0.280. The summed E-state index contributed by atoms with van der Waals surface area (Å²) in [7, 11) is 0. The molecule has 1 rings (SSSR count). The summed E-state index contributed by atoms with van der Waals surface area (Å²) in [6.45, 7) is 5.50. The van der Waals surface area contributed by atoms with Crippen molar-refractivity contribution in [1.29, 1.82) is 0 Å². The van der Waals surface area contributed by atoms with Gasteiger partial charge in [-0.1, -0.05) is 25.1 Å². The predicted molar refractivity (Wildman–Crippen MR) is 78.8 cm³/mol. The van der Waals surface area contributed by atoms with Gasteiger partial charge in [0, 0.05) is 17.8 Å². The largest absolute Gasteiger partial charge is 0.359 e. The van der Waals surface area contributed by atoms with Crippen LogP contribution in [0.2, 0.25) is 0 Å². The highest BCUT2D eigenvalue weighted by Gasteiger charge is 2.30. The van der Waals surface area contributed by atoms with Crippen LogP contribution in [0.5, 0.6) is 0 Å². The molecule has 1 fully saturated rings. The topological polar surface area (TPSA) is 24.4 Å². The van der Waals surface area contributed by atoms with E-state index in [-0.39, 0.29) is 5.54 Å². The van der Waals surface area contributed by atoms with Gasteiger partial charge in [0.05, 0.1) is 0 Å². The van der Waals surface area contributed by atoms with E-state index in [0.717, 1.165) is 17.5 Å². The van der Waals surface area contributed by atoms with Crippen LogP contribution in [0.4, 0.5) is 0 Å². The van der Waals surface area contributed by atoms with Gasteiger partial charge in [-0.2, -0.15) is 11.8 Å². The second-order valence-electron chi connectivity index (χ2n) is 4.57. The second-order valence-corrected chi connectivity index (χ2v) is 6.52. The Labute approximate surface area is 108 Å². The Bertz CT molecular complexity index is 231. The molecule has 0 amide bonds. The number of unbranched alkanes of at least 4 members (excludes halogenated alkanes) is 2. The highest BCUT2D eigenvalue weighted by atomic mass is 32.2. The average Bonchev–Trinajstić information content (AvgIpc) is 2.66. The van der Waals surface area contributed by atoms with Crippen LogP contribution in [-0.4, -0.2) is 35.0 Å². The molecule has 4 heteroatoms. The fourth-order valence-electron chi connectivity index (χ4n) is 1.55. The summed E-state index contributed by atoms with van der Waals surface area (Å²) in [6.07, 6.45) is 7.22. The number of hydrogen-bond acceptors (Lipinski definition) is 3. The molecule has 0 radical (unpaired) electrons. The van der Waals surface area contributed by atoms with Gasteiger partial charge in [-0.05, 0) is 38.2 Å². The van der Waals surface area contributed by atoms with Gasteiger partial charge in [0.15, 0.2) is 5.17 Å². The molecular weight excluding hydrogens is 236 g/mol. The fraction of sp³-hybridized carbons (Fsp3) is 0.917. The van der Waals surface area contributed by atoms with Gasteiger partial charge >= 0.3 is 0 Å². The highest BCUT2D eigenvalue weighted by Crippen LogP contribution is 2.25. The molecule has 0 aliphatic carbocycles. The molecule has 1 heterocycles. The van der Waals surface area contributed by atoms with E-state index < -0.39 is 0 Å². The Kier molecular flexibility index (Phi) is 6.66. The van der Waals surface area contributed by atoms with Crippen LogP contribution < -0.4 is 5.32 Å². The van der Waals surface area contributed by atoms with Crippen LogP contribution in [0.3, 0.4) is 0 Å². The maximum atomic E-state index is 4.63. The van der Waals surface area contributed by atoms with Gasteiger partial charge in [-0.15, -0.1) is 0 Å². The zero-order valence-corrected chi connectivity index (χ0v) is 12.3. The third-order valence-electron chi connectivity index (χ3n) is 2.98. The molecule has 2 nitrogen and oxygen atoms in total. The Morgan fingerprint density at radius 1 is 1.44 bits per heavy atom. The lowest BCUT2D eigenvalue weighted by molar-refractivity contribution is 0.466. The molecule has 94 valence electrons. The molecule has 1 unspecified atom stereocenters. The lowest BCUT2D eigenvalue weighted by Crippen LogP contribution is -2.39. The van der Waals surface area contributed by atoms with Crippen LogP contribution in [0.25, 0.3) is 0 Å². The van der Waals surface area contributed by atoms with Crippen LogP contribution in [-0.2, 0) is 0 Å². The first-order chi connectivity index (χ1) is 7.70. The molecule has 1 aliphatic rings. The molecule has 0 saturated carbocycles. The predicted octanol–water partition coefficient (Wildman–Crippen LogP) is 3.38. The van der Waals surface area contributed by atoms with Crippen molar-refractivity contribution in [1.82, 2.24) is 5.32 Å². The minimum Gasteiger partial charge on any atom is -0.359 e. The van der Waals surface area contributed by atoms with Gasteiger partial charge < -0.3 is 5.32 Å². The van der Waals surface area contributed by atoms with Gasteiger partial charge in [0.25, 0.3) is 0 Å². The quantitative estimate of drug-likeness (QED) is 0.710. The van der Waals surface area contributed by atoms with Crippen molar-refractivity contribution >= 4 is 28.7 Å². The molecule has 0 bridgehead atoms. The number of nitrogens with zero attached hydrogens (tertiary/aromatic N) is 1. The summed E-state index contributed by atoms with van der Waals surface area (Å²) in [5.41, 5.74) is 0.280. The Morgan fingerprint density at radius 2 is 2.25 bits per heavy atom. The van der Waals surface area contributed by atoms with Gasteiger partial charge in [-0.3, -0.25) is 4.99 Å². The number of aliphatic imine (C=N–C) groups is 1. The molecule has 0 aromatic rings. The molecule has 1 saturated heterocycles. The number of thioether (sulfide) groups is 2. The van der Waals surface area contributed by atoms with Gasteiger partial charge in [0.1, 0.15) is 0 Å². The zero-order chi connectivity index (χ0) is 11.9. The van der Waals surface area contributed by atoms with Crippen LogP contribution in [0.1, 0.15) is 39.5 Å². The number of nitrogens with one attached hydrogen (secondary N) is 1. The minimum absolute atomic E-state index is 0.280. The van der Waals surface area contributed by atoms with E-state index in [1.165, 1.54) is 31.4 Å². The first-order valence-corrected chi connectivity index (χ1v) is 8.52. The third-order valence-corrected chi connectivity index (χ3v) is 4.96. The Balaban J connectivity index is 2.12. The third kappa shape index (κ3) is 5.00. The summed E-state index contributed by atoms with van der Waals surface area (Å²) >= 11 is 3.81. The molecule has 1 aliphatic heterocycles. The first-order valence-electron chi connectivity index (χ1n) is 6.14. The molecule has 0 aromatic carbocycles. The summed E-state index contributed by atoms with van der Waals surface area (Å²) in [6, 6.07) is 0. The average molecular weight is 260 g/mol. The molecular formula is C12H24N2S2. The van der Waals surface area contributed by atoms with Crippen molar-refractivity contribution in [2.24, 2.45) is 4.99 Å². The van der Waals surface area contributed by atoms with Crippen molar-refractivity contribution in [3.05, 3.63) is 0 Å². The van der Waals surface area contributed by atoms with Crippen molar-refractivity contribution in [3.63, 3.8) is 0 Å². The Hall–Kier alpha value is 0.170. The molecule has 0 spiro atoms. The Morgan fingerprint density at radius 3 is 2.88 bits per heavy atom. The van der Waals surface area contributed by atoms with Crippen LogP contribution in [0.15, 0.2) is 4.99 Å². The van der Waals surface area contributed by atoms with E-state index in [4.69, 9.17) is 0 Å². The number of rotatable bonds is 7. The summed E-state index contributed by atoms with van der Waals surface area (Å²) in [4.78, 5) is 4.63. The molecule has 0 aromatic heterocycles. The summed E-state index contributed by atoms with van der Waals surface area (Å²) in [5, 5.41) is 4.69. The number of hydrogen-bond donors (Lipinski definition) is 1. The van der Waals surface area contributed by atoms with Crippen molar-refractivity contribution in [2.45, 2.75) is 45.1 Å². The molecule has 16 heavy (non-hydrogen) atoms. The van der Waals surface area contributed by atoms with Gasteiger partial charge in [-0.25, -0.2) is 0 Å². The van der Waals surface area contributed by atoms with Crippen LogP contribution in [0, 0.1) is 0 Å². The van der Waals surface area contributed by atoms with Crippen molar-refractivity contribution < 1.29 is 0 Å². The molecule has 1 atom stereocenters. The SMILES string of the molecule is CCC1(C)CSC(=NCCCCCSC)N1. The smallest absolute Gasteiger partial charge is 0.157 e. The summed E-state index contributed by atoms with van der Waals surface area (Å²) in [5.74, 6) is 2.45. The van der Waals surface area contributed by atoms with E-state index in [0.29, 0.717) is 0 Å². The van der Waals surface area contributed by atoms with Crippen LogP contribution >= 0.6 is 23.5 Å². The van der Waals surface area contributed by atoms with E-state index in [2.05, 4.69) is 30.4 Å². The van der Waals surface area contributed by atoms with E-state index >= 15 is 0 Å². The normalized spacial score (nSPS) is 27.3. The lowest BCUT2D eigenvalue weighted by atomic mass is 10.0. The first kappa shape index (κ1) is 14.2. The van der Waals surface area contributed by atoms with Crippen molar-refractivity contribution in [3.8, 4) is 0 Å². The highest BCUT2D eigenvalue weighted by molar-refractivity contribution is 8.14. The maximum absolute atomic E-state index is 4.63. The molecule has 1 N–H and O–H groups in total. The van der Waals surface area contributed by atoms with E-state index in [1.54, 1.807) is 0 Å². The lowest BCUT2D eigenvalue weighted by Gasteiger charge is -2.20. The second kappa shape index (κ2) is 7.49. The van der Waals surface area contributed by atoms with E-state index in [9.17, 15) is 0 Å². The number of amidine groups is 1. The van der Waals surface area contributed by atoms with Gasteiger partial charge in [0.2, 0.25) is 0 Å². The zero-order valence-electron chi connectivity index (χ0n) is 10.7. The van der Waals surface area contributed by atoms with E-state index in [1.807, 2.05) is 23.5 Å².